The van der Waals surface area contributed by atoms with Crippen LogP contribution in [0.1, 0.15) is 23.1 Å². The summed E-state index contributed by atoms with van der Waals surface area (Å²) < 4.78 is 11.2. The average Bonchev–Trinajstić information content (AvgIpc) is 3.17. The SMILES string of the molecule is COc1ccc2c(c1)[C@H](O)[C@H](N1CCc3nc(-c4ccccc4Cl)[nH]c3C1)CO2. The number of hydrogen-bond acceptors (Lipinski definition) is 5. The van der Waals surface area contributed by atoms with Crippen molar-refractivity contribution in [2.24, 2.45) is 0 Å². The van der Waals surface area contributed by atoms with Crippen molar-refractivity contribution in [3.63, 3.8) is 0 Å². The summed E-state index contributed by atoms with van der Waals surface area (Å²) in [6, 6.07) is 13.1. The van der Waals surface area contributed by atoms with E-state index >= 15 is 0 Å². The zero-order valence-electron chi connectivity index (χ0n) is 16.1. The first-order chi connectivity index (χ1) is 14.1. The molecule has 2 aliphatic heterocycles. The van der Waals surface area contributed by atoms with Gasteiger partial charge in [0, 0.05) is 30.6 Å². The van der Waals surface area contributed by atoms with E-state index in [1.165, 1.54) is 0 Å². The molecule has 3 heterocycles. The van der Waals surface area contributed by atoms with E-state index < -0.39 is 6.10 Å². The van der Waals surface area contributed by atoms with E-state index in [0.717, 1.165) is 47.1 Å². The van der Waals surface area contributed by atoms with Crippen LogP contribution in [0.5, 0.6) is 11.5 Å². The number of imidazole rings is 1. The van der Waals surface area contributed by atoms with E-state index in [9.17, 15) is 5.11 Å². The lowest BCUT2D eigenvalue weighted by Crippen LogP contribution is -2.47. The molecular weight excluding hydrogens is 390 g/mol. The first kappa shape index (κ1) is 18.5. The fourth-order valence-corrected chi connectivity index (χ4v) is 4.40. The normalized spacial score (nSPS) is 21.2. The molecule has 150 valence electrons. The van der Waals surface area contributed by atoms with Gasteiger partial charge in [0.15, 0.2) is 0 Å². The highest BCUT2D eigenvalue weighted by Gasteiger charge is 2.36. The molecule has 0 radical (unpaired) electrons. The third-order valence-corrected chi connectivity index (χ3v) is 6.10. The summed E-state index contributed by atoms with van der Waals surface area (Å²) in [6.45, 7) is 1.93. The van der Waals surface area contributed by atoms with Crippen molar-refractivity contribution in [1.29, 1.82) is 0 Å². The summed E-state index contributed by atoms with van der Waals surface area (Å²) in [5, 5.41) is 11.7. The second kappa shape index (κ2) is 7.37. The van der Waals surface area contributed by atoms with Crippen LogP contribution in [-0.2, 0) is 13.0 Å². The Kier molecular flexibility index (Phi) is 4.70. The van der Waals surface area contributed by atoms with Gasteiger partial charge in [-0.25, -0.2) is 4.98 Å². The minimum absolute atomic E-state index is 0.130. The van der Waals surface area contributed by atoms with E-state index in [1.54, 1.807) is 7.11 Å². The van der Waals surface area contributed by atoms with Crippen molar-refractivity contribution in [3.8, 4) is 22.9 Å². The second-order valence-electron chi connectivity index (χ2n) is 7.44. The Morgan fingerprint density at radius 1 is 1.28 bits per heavy atom. The molecule has 1 aromatic heterocycles. The Balaban J connectivity index is 1.39. The lowest BCUT2D eigenvalue weighted by molar-refractivity contribution is -0.00365. The van der Waals surface area contributed by atoms with Gasteiger partial charge in [-0.2, -0.15) is 0 Å². The molecule has 0 fully saturated rings. The first-order valence-corrected chi connectivity index (χ1v) is 10.1. The smallest absolute Gasteiger partial charge is 0.139 e. The molecule has 29 heavy (non-hydrogen) atoms. The van der Waals surface area contributed by atoms with Crippen molar-refractivity contribution in [3.05, 3.63) is 64.4 Å². The molecule has 2 N–H and O–H groups in total. The van der Waals surface area contributed by atoms with E-state index in [2.05, 4.69) is 9.88 Å². The van der Waals surface area contributed by atoms with Crippen LogP contribution in [-0.4, -0.2) is 46.3 Å². The maximum absolute atomic E-state index is 11.0. The molecule has 0 saturated carbocycles. The lowest BCUT2D eigenvalue weighted by atomic mass is 9.96. The van der Waals surface area contributed by atoms with Crippen LogP contribution in [0.3, 0.4) is 0 Å². The fourth-order valence-electron chi connectivity index (χ4n) is 4.17. The molecule has 6 nitrogen and oxygen atoms in total. The summed E-state index contributed by atoms with van der Waals surface area (Å²) in [4.78, 5) is 10.4. The summed E-state index contributed by atoms with van der Waals surface area (Å²) in [5.74, 6) is 2.22. The molecule has 3 aromatic rings. The molecule has 0 amide bonds. The van der Waals surface area contributed by atoms with Gasteiger partial charge in [0.25, 0.3) is 0 Å². The molecule has 2 aliphatic rings. The van der Waals surface area contributed by atoms with Gasteiger partial charge < -0.3 is 19.6 Å². The van der Waals surface area contributed by atoms with Gasteiger partial charge in [-0.15, -0.1) is 0 Å². The van der Waals surface area contributed by atoms with E-state index in [0.29, 0.717) is 23.9 Å². The number of rotatable bonds is 3. The second-order valence-corrected chi connectivity index (χ2v) is 7.85. The van der Waals surface area contributed by atoms with Gasteiger partial charge in [0.2, 0.25) is 0 Å². The first-order valence-electron chi connectivity index (χ1n) is 9.69. The summed E-state index contributed by atoms with van der Waals surface area (Å²) >= 11 is 6.33. The van der Waals surface area contributed by atoms with Crippen LogP contribution in [0.2, 0.25) is 5.02 Å². The number of aromatic amines is 1. The van der Waals surface area contributed by atoms with Gasteiger partial charge in [0.1, 0.15) is 30.0 Å². The minimum Gasteiger partial charge on any atom is -0.497 e. The maximum atomic E-state index is 11.0. The number of ether oxygens (including phenoxy) is 2. The highest BCUT2D eigenvalue weighted by Crippen LogP contribution is 2.38. The van der Waals surface area contributed by atoms with Crippen LogP contribution in [0.15, 0.2) is 42.5 Å². The van der Waals surface area contributed by atoms with Gasteiger partial charge in [-0.05, 0) is 30.3 Å². The largest absolute Gasteiger partial charge is 0.497 e. The Labute approximate surface area is 174 Å². The van der Waals surface area contributed by atoms with Gasteiger partial charge in [-0.1, -0.05) is 23.7 Å². The molecule has 5 rings (SSSR count). The van der Waals surface area contributed by atoms with Crippen molar-refractivity contribution in [2.45, 2.75) is 25.1 Å². The van der Waals surface area contributed by atoms with Crippen LogP contribution in [0.4, 0.5) is 0 Å². The van der Waals surface area contributed by atoms with Crippen LogP contribution < -0.4 is 9.47 Å². The molecule has 0 bridgehead atoms. The zero-order valence-corrected chi connectivity index (χ0v) is 16.8. The molecule has 0 spiro atoms. The predicted molar refractivity (Wildman–Crippen MR) is 110 cm³/mol. The number of hydrogen-bond donors (Lipinski definition) is 2. The highest BCUT2D eigenvalue weighted by molar-refractivity contribution is 6.33. The number of benzene rings is 2. The number of nitrogens with zero attached hydrogens (tertiary/aromatic N) is 2. The number of aromatic nitrogens is 2. The number of methoxy groups -OCH3 is 1. The zero-order chi connectivity index (χ0) is 20.0. The number of H-pyrrole nitrogens is 1. The summed E-state index contributed by atoms with van der Waals surface area (Å²) in [6.07, 6.45) is 0.172. The molecule has 0 unspecified atom stereocenters. The Morgan fingerprint density at radius 3 is 2.97 bits per heavy atom. The Bertz CT molecular complexity index is 1050. The van der Waals surface area contributed by atoms with E-state index in [-0.39, 0.29) is 6.04 Å². The van der Waals surface area contributed by atoms with Crippen molar-refractivity contribution < 1.29 is 14.6 Å². The molecule has 2 atom stereocenters. The number of halogens is 1. The molecule has 2 aromatic carbocycles. The topological polar surface area (TPSA) is 70.6 Å². The number of fused-ring (bicyclic) bond motifs is 2. The average molecular weight is 412 g/mol. The standard InChI is InChI=1S/C22H22ClN3O3/c1-28-13-6-7-20-15(10-13)21(27)19(12-29-20)26-9-8-17-18(11-26)25-22(24-17)14-4-2-3-5-16(14)23/h2-7,10,19,21,27H,8-9,11-12H2,1H3,(H,24,25)/t19-,21+/m1/s1. The molecule has 7 heteroatoms. The van der Waals surface area contributed by atoms with Gasteiger partial charge in [-0.3, -0.25) is 4.90 Å². The quantitative estimate of drug-likeness (QED) is 0.689. The maximum Gasteiger partial charge on any atom is 0.139 e. The van der Waals surface area contributed by atoms with Gasteiger partial charge in [0.05, 0.1) is 29.6 Å². The van der Waals surface area contributed by atoms with Crippen molar-refractivity contribution in [2.75, 3.05) is 20.3 Å². The van der Waals surface area contributed by atoms with E-state index in [4.69, 9.17) is 26.1 Å². The van der Waals surface area contributed by atoms with Gasteiger partial charge >= 0.3 is 0 Å². The van der Waals surface area contributed by atoms with Crippen molar-refractivity contribution >= 4 is 11.6 Å². The minimum atomic E-state index is -0.638. The lowest BCUT2D eigenvalue weighted by Gasteiger charge is -2.39. The number of nitrogens with one attached hydrogen (secondary N) is 1. The summed E-state index contributed by atoms with van der Waals surface area (Å²) in [7, 11) is 1.62. The third kappa shape index (κ3) is 3.27. The molecule has 0 aliphatic carbocycles. The van der Waals surface area contributed by atoms with Crippen LogP contribution in [0, 0.1) is 0 Å². The van der Waals surface area contributed by atoms with E-state index in [1.807, 2.05) is 42.5 Å². The predicted octanol–water partition coefficient (Wildman–Crippen LogP) is 3.59. The highest BCUT2D eigenvalue weighted by atomic mass is 35.5. The van der Waals surface area contributed by atoms with Crippen LogP contribution in [0.25, 0.3) is 11.4 Å². The Morgan fingerprint density at radius 2 is 2.14 bits per heavy atom. The third-order valence-electron chi connectivity index (χ3n) is 5.77. The van der Waals surface area contributed by atoms with Crippen molar-refractivity contribution in [1.82, 2.24) is 14.9 Å². The fraction of sp³-hybridized carbons (Fsp3) is 0.318. The Hall–Kier alpha value is -2.54. The van der Waals surface area contributed by atoms with Crippen LogP contribution >= 0.6 is 11.6 Å². The number of aliphatic hydroxyl groups excluding tert-OH is 1. The molecular formula is C22H22ClN3O3. The molecule has 0 saturated heterocycles. The monoisotopic (exact) mass is 411 g/mol. The number of aliphatic hydroxyl groups is 1. The summed E-state index contributed by atoms with van der Waals surface area (Å²) in [5.41, 5.74) is 3.80.